The molecule has 0 saturated heterocycles. The molecule has 0 bridgehead atoms. The monoisotopic (exact) mass is 298 g/mol. The van der Waals surface area contributed by atoms with E-state index < -0.39 is 0 Å². The Morgan fingerprint density at radius 2 is 1.76 bits per heavy atom. The SMILES string of the molecule is CC(Cl)c1nc2ccccc2n1CCCc1ccccc1. The molecule has 3 aromatic rings. The van der Waals surface area contributed by atoms with E-state index in [-0.39, 0.29) is 5.38 Å². The van der Waals surface area contributed by atoms with Gasteiger partial charge in [0, 0.05) is 6.54 Å². The molecule has 0 amide bonds. The minimum atomic E-state index is -0.0749. The quantitative estimate of drug-likeness (QED) is 0.608. The van der Waals surface area contributed by atoms with Crippen molar-refractivity contribution in [3.8, 4) is 0 Å². The summed E-state index contributed by atoms with van der Waals surface area (Å²) < 4.78 is 2.26. The molecule has 108 valence electrons. The van der Waals surface area contributed by atoms with Crippen molar-refractivity contribution in [2.24, 2.45) is 0 Å². The van der Waals surface area contributed by atoms with E-state index in [0.29, 0.717) is 0 Å². The molecule has 2 nitrogen and oxygen atoms in total. The molecule has 0 aliphatic rings. The number of aromatic nitrogens is 2. The maximum atomic E-state index is 6.29. The van der Waals surface area contributed by atoms with Crippen LogP contribution in [-0.2, 0) is 13.0 Å². The maximum absolute atomic E-state index is 6.29. The highest BCUT2D eigenvalue weighted by molar-refractivity contribution is 6.20. The van der Waals surface area contributed by atoms with Crippen LogP contribution in [0.1, 0.15) is 30.1 Å². The summed E-state index contributed by atoms with van der Waals surface area (Å²) >= 11 is 6.29. The van der Waals surface area contributed by atoms with Crippen molar-refractivity contribution in [1.82, 2.24) is 9.55 Å². The third-order valence-electron chi connectivity index (χ3n) is 3.73. The molecule has 1 heterocycles. The Labute approximate surface area is 130 Å². The smallest absolute Gasteiger partial charge is 0.127 e. The molecule has 1 aromatic heterocycles. The molecule has 0 aliphatic heterocycles. The highest BCUT2D eigenvalue weighted by atomic mass is 35.5. The van der Waals surface area contributed by atoms with E-state index in [2.05, 4.69) is 52.0 Å². The molecule has 0 radical (unpaired) electrons. The Balaban J connectivity index is 1.81. The van der Waals surface area contributed by atoms with Crippen molar-refractivity contribution in [2.45, 2.75) is 31.7 Å². The highest BCUT2D eigenvalue weighted by Crippen LogP contribution is 2.25. The van der Waals surface area contributed by atoms with Crippen LogP contribution in [0.25, 0.3) is 11.0 Å². The molecule has 0 spiro atoms. The first-order valence-corrected chi connectivity index (χ1v) is 7.82. The summed E-state index contributed by atoms with van der Waals surface area (Å²) in [5.41, 5.74) is 3.58. The van der Waals surface area contributed by atoms with E-state index in [9.17, 15) is 0 Å². The number of hydrogen-bond donors (Lipinski definition) is 0. The summed E-state index contributed by atoms with van der Waals surface area (Å²) in [5.74, 6) is 0.964. The third-order valence-corrected chi connectivity index (χ3v) is 3.93. The van der Waals surface area contributed by atoms with Gasteiger partial charge >= 0.3 is 0 Å². The molecule has 0 saturated carbocycles. The fourth-order valence-electron chi connectivity index (χ4n) is 2.72. The molecule has 21 heavy (non-hydrogen) atoms. The number of fused-ring (bicyclic) bond motifs is 1. The number of aryl methyl sites for hydroxylation is 2. The second-order valence-corrected chi connectivity index (χ2v) is 5.97. The number of nitrogens with zero attached hydrogens (tertiary/aromatic N) is 2. The second-order valence-electron chi connectivity index (χ2n) is 5.32. The lowest BCUT2D eigenvalue weighted by molar-refractivity contribution is 0.625. The van der Waals surface area contributed by atoms with E-state index >= 15 is 0 Å². The second kappa shape index (κ2) is 6.31. The van der Waals surface area contributed by atoms with Gasteiger partial charge in [-0.3, -0.25) is 0 Å². The summed E-state index contributed by atoms with van der Waals surface area (Å²) in [7, 11) is 0. The van der Waals surface area contributed by atoms with E-state index in [4.69, 9.17) is 11.6 Å². The zero-order chi connectivity index (χ0) is 14.7. The van der Waals surface area contributed by atoms with Crippen LogP contribution in [-0.4, -0.2) is 9.55 Å². The summed E-state index contributed by atoms with van der Waals surface area (Å²) in [4.78, 5) is 4.67. The zero-order valence-electron chi connectivity index (χ0n) is 12.2. The van der Waals surface area contributed by atoms with Gasteiger partial charge in [0.2, 0.25) is 0 Å². The van der Waals surface area contributed by atoms with Crippen LogP contribution in [0.2, 0.25) is 0 Å². The van der Waals surface area contributed by atoms with Crippen LogP contribution >= 0.6 is 11.6 Å². The van der Waals surface area contributed by atoms with Crippen molar-refractivity contribution in [3.05, 3.63) is 66.0 Å². The van der Waals surface area contributed by atoms with Gasteiger partial charge in [-0.25, -0.2) is 4.98 Å². The van der Waals surface area contributed by atoms with Crippen LogP contribution in [0, 0.1) is 0 Å². The molecule has 1 unspecified atom stereocenters. The Bertz CT molecular complexity index is 716. The lowest BCUT2D eigenvalue weighted by Gasteiger charge is -2.10. The summed E-state index contributed by atoms with van der Waals surface area (Å²) in [5, 5.41) is -0.0749. The predicted molar refractivity (Wildman–Crippen MR) is 88.8 cm³/mol. The van der Waals surface area contributed by atoms with Crippen molar-refractivity contribution in [2.75, 3.05) is 0 Å². The van der Waals surface area contributed by atoms with Crippen molar-refractivity contribution in [3.63, 3.8) is 0 Å². The fraction of sp³-hybridized carbons (Fsp3) is 0.278. The lowest BCUT2D eigenvalue weighted by Crippen LogP contribution is -2.05. The first-order chi connectivity index (χ1) is 10.3. The van der Waals surface area contributed by atoms with Gasteiger partial charge in [0.15, 0.2) is 0 Å². The van der Waals surface area contributed by atoms with Crippen LogP contribution in [0.4, 0.5) is 0 Å². The summed E-state index contributed by atoms with van der Waals surface area (Å²) in [6.45, 7) is 2.93. The fourth-order valence-corrected chi connectivity index (χ4v) is 2.89. The van der Waals surface area contributed by atoms with Gasteiger partial charge in [-0.05, 0) is 37.5 Å². The number of imidazole rings is 1. The third kappa shape index (κ3) is 3.11. The summed E-state index contributed by atoms with van der Waals surface area (Å²) in [6.07, 6.45) is 2.16. The number of rotatable bonds is 5. The molecular formula is C18H19ClN2. The predicted octanol–water partition coefficient (Wildman–Crippen LogP) is 4.97. The number of alkyl halides is 1. The Kier molecular flexibility index (Phi) is 4.26. The van der Waals surface area contributed by atoms with Gasteiger partial charge in [-0.15, -0.1) is 11.6 Å². The van der Waals surface area contributed by atoms with Gasteiger partial charge in [-0.1, -0.05) is 42.5 Å². The Morgan fingerprint density at radius 1 is 1.05 bits per heavy atom. The maximum Gasteiger partial charge on any atom is 0.127 e. The van der Waals surface area contributed by atoms with Crippen LogP contribution in [0.5, 0.6) is 0 Å². The molecule has 3 heteroatoms. The Hall–Kier alpha value is -1.80. The average Bonchev–Trinajstić information content (AvgIpc) is 2.88. The van der Waals surface area contributed by atoms with Crippen molar-refractivity contribution >= 4 is 22.6 Å². The molecule has 0 N–H and O–H groups in total. The van der Waals surface area contributed by atoms with Crippen LogP contribution in [0.15, 0.2) is 54.6 Å². The lowest BCUT2D eigenvalue weighted by atomic mass is 10.1. The number of halogens is 1. The molecule has 3 rings (SSSR count). The first kappa shape index (κ1) is 14.2. The van der Waals surface area contributed by atoms with Crippen LogP contribution < -0.4 is 0 Å². The number of para-hydroxylation sites is 2. The minimum Gasteiger partial charge on any atom is -0.327 e. The molecular weight excluding hydrogens is 280 g/mol. The topological polar surface area (TPSA) is 17.8 Å². The normalized spacial score (nSPS) is 12.7. The van der Waals surface area contributed by atoms with Gasteiger partial charge in [0.05, 0.1) is 16.4 Å². The van der Waals surface area contributed by atoms with Gasteiger partial charge in [-0.2, -0.15) is 0 Å². The standard InChI is InChI=1S/C18H19ClN2/c1-14(19)18-20-16-11-5-6-12-17(16)21(18)13-7-10-15-8-3-2-4-9-15/h2-6,8-9,11-12,14H,7,10,13H2,1H3. The Morgan fingerprint density at radius 3 is 2.52 bits per heavy atom. The highest BCUT2D eigenvalue weighted by Gasteiger charge is 2.14. The van der Waals surface area contributed by atoms with E-state index in [1.54, 1.807) is 0 Å². The molecule has 0 aliphatic carbocycles. The van der Waals surface area contributed by atoms with Crippen molar-refractivity contribution in [1.29, 1.82) is 0 Å². The van der Waals surface area contributed by atoms with E-state index in [1.165, 1.54) is 11.1 Å². The average molecular weight is 299 g/mol. The van der Waals surface area contributed by atoms with E-state index in [1.807, 2.05) is 19.1 Å². The molecule has 2 aromatic carbocycles. The molecule has 0 fully saturated rings. The minimum absolute atomic E-state index is 0.0749. The summed E-state index contributed by atoms with van der Waals surface area (Å²) in [6, 6.07) is 18.8. The molecule has 1 atom stereocenters. The van der Waals surface area contributed by atoms with Gasteiger partial charge in [0.1, 0.15) is 5.82 Å². The largest absolute Gasteiger partial charge is 0.327 e. The van der Waals surface area contributed by atoms with Gasteiger partial charge in [0.25, 0.3) is 0 Å². The van der Waals surface area contributed by atoms with E-state index in [0.717, 1.165) is 30.7 Å². The zero-order valence-corrected chi connectivity index (χ0v) is 12.9. The number of benzene rings is 2. The van der Waals surface area contributed by atoms with Crippen molar-refractivity contribution < 1.29 is 0 Å². The number of hydrogen-bond acceptors (Lipinski definition) is 1. The van der Waals surface area contributed by atoms with Gasteiger partial charge < -0.3 is 4.57 Å². The first-order valence-electron chi connectivity index (χ1n) is 7.39. The van der Waals surface area contributed by atoms with Crippen LogP contribution in [0.3, 0.4) is 0 Å².